The topological polar surface area (TPSA) is 267 Å². The Morgan fingerprint density at radius 2 is 0.730 bits per heavy atom. The van der Waals surface area contributed by atoms with Crippen LogP contribution in [-0.4, -0.2) is 176 Å². The Labute approximate surface area is 209 Å². The lowest BCUT2D eigenvalue weighted by Crippen LogP contribution is -2.62. The van der Waals surface area contributed by atoms with E-state index in [0.717, 1.165) is 0 Å². The monoisotopic (exact) mass is 546 g/mol. The van der Waals surface area contributed by atoms with E-state index in [0.29, 0.717) is 0 Å². The van der Waals surface area contributed by atoms with Crippen molar-refractivity contribution in [3.05, 3.63) is 0 Å². The summed E-state index contributed by atoms with van der Waals surface area (Å²) in [4.78, 5) is 0. The molecule has 37 heavy (non-hydrogen) atoms. The van der Waals surface area contributed by atoms with Crippen LogP contribution in [0.15, 0.2) is 0 Å². The summed E-state index contributed by atoms with van der Waals surface area (Å²) in [6.45, 7) is -1.39. The van der Waals surface area contributed by atoms with E-state index in [1.54, 1.807) is 0 Å². The molecule has 4 heterocycles. The highest BCUT2D eigenvalue weighted by Crippen LogP contribution is 2.28. The molecule has 17 heteroatoms. The number of ether oxygens (including phenoxy) is 7. The maximum absolute atomic E-state index is 10.5. The molecule has 0 aliphatic carbocycles. The van der Waals surface area contributed by atoms with Crippen molar-refractivity contribution in [3.63, 3.8) is 0 Å². The lowest BCUT2D eigenvalue weighted by molar-refractivity contribution is -0.356. The molecule has 16 atom stereocenters. The zero-order chi connectivity index (χ0) is 27.0. The molecule has 4 aliphatic rings. The van der Waals surface area contributed by atoms with Gasteiger partial charge in [0.15, 0.2) is 25.2 Å². The molecule has 17 nitrogen and oxygen atoms in total. The lowest BCUT2D eigenvalue weighted by atomic mass is 10.0. The predicted octanol–water partition coefficient (Wildman–Crippen LogP) is -7.19. The Bertz CT molecular complexity index is 673. The molecule has 0 amide bonds. The minimum absolute atomic E-state index is 0.326. The third-order valence-electron chi connectivity index (χ3n) is 6.70. The van der Waals surface area contributed by atoms with Gasteiger partial charge >= 0.3 is 0 Å². The molecule has 4 aliphatic heterocycles. The van der Waals surface area contributed by atoms with Crippen molar-refractivity contribution >= 4 is 0 Å². The van der Waals surface area contributed by atoms with E-state index in [4.69, 9.17) is 33.2 Å². The van der Waals surface area contributed by atoms with Crippen LogP contribution in [0.2, 0.25) is 0 Å². The highest BCUT2D eigenvalue weighted by Gasteiger charge is 2.49. The average molecular weight is 546 g/mol. The largest absolute Gasteiger partial charge is 0.388 e. The van der Waals surface area contributed by atoms with E-state index in [2.05, 4.69) is 0 Å². The number of hydrogen-bond donors (Lipinski definition) is 10. The normalized spacial score (nSPS) is 53.7. The molecular formula is C20H34O17. The van der Waals surface area contributed by atoms with Crippen molar-refractivity contribution in [2.24, 2.45) is 0 Å². The number of rotatable bonds is 6. The van der Waals surface area contributed by atoms with Crippen molar-refractivity contribution in [1.29, 1.82) is 0 Å². The first-order valence-corrected chi connectivity index (χ1v) is 11.7. The van der Waals surface area contributed by atoms with Gasteiger partial charge in [-0.05, 0) is 0 Å². The minimum Gasteiger partial charge on any atom is -0.388 e. The fourth-order valence-electron chi connectivity index (χ4n) is 4.33. The van der Waals surface area contributed by atoms with E-state index in [-0.39, 0.29) is 26.4 Å². The second-order valence-corrected chi connectivity index (χ2v) is 9.34. The Morgan fingerprint density at radius 3 is 1.19 bits per heavy atom. The van der Waals surface area contributed by atoms with Gasteiger partial charge in [0.1, 0.15) is 73.2 Å². The molecule has 216 valence electrons. The minimum atomic E-state index is -1.71. The quantitative estimate of drug-likeness (QED) is 0.148. The summed E-state index contributed by atoms with van der Waals surface area (Å²) in [5, 5.41) is 100. The Hall–Kier alpha value is -0.680. The van der Waals surface area contributed by atoms with Gasteiger partial charge in [-0.25, -0.2) is 0 Å². The molecule has 0 bridgehead atoms. The van der Waals surface area contributed by atoms with Crippen LogP contribution in [0, 0.1) is 0 Å². The van der Waals surface area contributed by atoms with Crippen LogP contribution in [0.4, 0.5) is 0 Å². The van der Waals surface area contributed by atoms with Crippen LogP contribution in [0.1, 0.15) is 0 Å². The molecule has 0 unspecified atom stereocenters. The summed E-state index contributed by atoms with van der Waals surface area (Å²) >= 11 is 0. The Morgan fingerprint density at radius 1 is 0.378 bits per heavy atom. The average Bonchev–Trinajstić information content (AvgIpc) is 2.88. The van der Waals surface area contributed by atoms with Gasteiger partial charge in [-0.1, -0.05) is 0 Å². The zero-order valence-corrected chi connectivity index (χ0v) is 19.4. The summed E-state index contributed by atoms with van der Waals surface area (Å²) in [6.07, 6.45) is -24.0. The van der Waals surface area contributed by atoms with Gasteiger partial charge < -0.3 is 84.2 Å². The first-order valence-electron chi connectivity index (χ1n) is 11.7. The predicted molar refractivity (Wildman–Crippen MR) is 110 cm³/mol. The van der Waals surface area contributed by atoms with Crippen molar-refractivity contribution in [2.75, 3.05) is 26.4 Å². The molecule has 4 saturated heterocycles. The smallest absolute Gasteiger partial charge is 0.186 e. The SMILES string of the molecule is O[C@@H]1[C@@H](O[C@H]2CO[C@H](O)[C@@H](O)[C@@H]2O)OC[C@H](O[C@H]2OC[C@H](O[C@H]3OC[C@H](O)[C@@H](O)[C@@H]3O)[C@@H](O)[C@@H]2O)[C@H]1O. The fourth-order valence-corrected chi connectivity index (χ4v) is 4.33. The van der Waals surface area contributed by atoms with Crippen molar-refractivity contribution in [3.8, 4) is 0 Å². The lowest BCUT2D eigenvalue weighted by Gasteiger charge is -2.44. The summed E-state index contributed by atoms with van der Waals surface area (Å²) in [7, 11) is 0. The van der Waals surface area contributed by atoms with Gasteiger partial charge in [-0.3, -0.25) is 0 Å². The summed E-state index contributed by atoms with van der Waals surface area (Å²) in [5.41, 5.74) is 0. The van der Waals surface area contributed by atoms with Crippen molar-refractivity contribution in [1.82, 2.24) is 0 Å². The molecule has 4 fully saturated rings. The fraction of sp³-hybridized carbons (Fsp3) is 1.00. The Kier molecular flexibility index (Phi) is 9.69. The molecule has 0 radical (unpaired) electrons. The van der Waals surface area contributed by atoms with Crippen LogP contribution >= 0.6 is 0 Å². The first kappa shape index (κ1) is 29.3. The Balaban J connectivity index is 1.27. The van der Waals surface area contributed by atoms with Crippen molar-refractivity contribution in [2.45, 2.75) is 98.4 Å². The molecule has 0 aromatic carbocycles. The molecule has 0 aromatic rings. The van der Waals surface area contributed by atoms with Crippen LogP contribution in [0.3, 0.4) is 0 Å². The van der Waals surface area contributed by atoms with E-state index >= 15 is 0 Å². The van der Waals surface area contributed by atoms with E-state index in [1.807, 2.05) is 0 Å². The van der Waals surface area contributed by atoms with Gasteiger partial charge in [-0.2, -0.15) is 0 Å². The van der Waals surface area contributed by atoms with Crippen LogP contribution in [0.5, 0.6) is 0 Å². The number of hydrogen-bond acceptors (Lipinski definition) is 17. The first-order chi connectivity index (χ1) is 17.5. The van der Waals surface area contributed by atoms with Gasteiger partial charge in [0, 0.05) is 0 Å². The molecule has 0 saturated carbocycles. The summed E-state index contributed by atoms with van der Waals surface area (Å²) < 4.78 is 37.0. The van der Waals surface area contributed by atoms with E-state index in [9.17, 15) is 51.1 Å². The third-order valence-corrected chi connectivity index (χ3v) is 6.70. The highest BCUT2D eigenvalue weighted by atomic mass is 16.8. The highest BCUT2D eigenvalue weighted by molar-refractivity contribution is 4.91. The number of aliphatic hydroxyl groups is 10. The molecule has 0 aromatic heterocycles. The second-order valence-electron chi connectivity index (χ2n) is 9.34. The van der Waals surface area contributed by atoms with Crippen LogP contribution in [-0.2, 0) is 33.2 Å². The van der Waals surface area contributed by atoms with E-state index < -0.39 is 98.4 Å². The number of aliphatic hydroxyl groups excluding tert-OH is 10. The van der Waals surface area contributed by atoms with E-state index in [1.165, 1.54) is 0 Å². The van der Waals surface area contributed by atoms with Gasteiger partial charge in [0.05, 0.1) is 26.4 Å². The molecular weight excluding hydrogens is 512 g/mol. The summed E-state index contributed by atoms with van der Waals surface area (Å²) in [6, 6.07) is 0. The van der Waals surface area contributed by atoms with Gasteiger partial charge in [0.2, 0.25) is 0 Å². The van der Waals surface area contributed by atoms with Crippen molar-refractivity contribution < 1.29 is 84.2 Å². The molecule has 10 N–H and O–H groups in total. The molecule has 4 rings (SSSR count). The maximum Gasteiger partial charge on any atom is 0.186 e. The maximum atomic E-state index is 10.5. The standard InChI is InChI=1S/C20H34O17/c21-5-1-32-18(14(27)9(5)22)36-7-3-34-20(16(29)11(7)24)37-8-4-33-19(15(28)12(8)25)35-6-2-31-17(30)13(26)10(6)23/h5-30H,1-4H2/t5-,6-,7-,8-,9+,10+,11+,12+,13-,14-,15-,16-,17-,18+,19+,20+/m0/s1. The van der Waals surface area contributed by atoms with Crippen LogP contribution in [0.25, 0.3) is 0 Å². The second kappa shape index (κ2) is 12.2. The zero-order valence-electron chi connectivity index (χ0n) is 19.4. The third kappa shape index (κ3) is 6.23. The van der Waals surface area contributed by atoms with Gasteiger partial charge in [-0.15, -0.1) is 0 Å². The molecule has 0 spiro atoms. The van der Waals surface area contributed by atoms with Crippen LogP contribution < -0.4 is 0 Å². The summed E-state index contributed by atoms with van der Waals surface area (Å²) in [5.74, 6) is 0. The van der Waals surface area contributed by atoms with Gasteiger partial charge in [0.25, 0.3) is 0 Å².